The standard InChI is InChI=1S/C17H16Cl3F/c1-12-2-7-16(21)8-13(12)9-17(10-18,11-19)14-3-5-15(20)6-4-14/h2-8H,9-11H2,1H3. The van der Waals surface area contributed by atoms with Crippen molar-refractivity contribution in [2.75, 3.05) is 11.8 Å². The van der Waals surface area contributed by atoms with Crippen LogP contribution in [0.5, 0.6) is 0 Å². The molecule has 0 aliphatic rings. The lowest BCUT2D eigenvalue weighted by Crippen LogP contribution is -2.33. The van der Waals surface area contributed by atoms with Crippen LogP contribution in [-0.2, 0) is 11.8 Å². The van der Waals surface area contributed by atoms with Gasteiger partial charge in [0, 0.05) is 22.2 Å². The molecule has 2 aromatic rings. The Morgan fingerprint density at radius 3 is 2.19 bits per heavy atom. The monoisotopic (exact) mass is 344 g/mol. The second kappa shape index (κ2) is 7.00. The Bertz CT molecular complexity index is 604. The summed E-state index contributed by atoms with van der Waals surface area (Å²) in [6, 6.07) is 12.3. The molecule has 0 nitrogen and oxygen atoms in total. The average Bonchev–Trinajstić information content (AvgIpc) is 2.49. The van der Waals surface area contributed by atoms with Crippen molar-refractivity contribution < 1.29 is 4.39 Å². The molecule has 0 aliphatic heterocycles. The number of aryl methyl sites for hydroxylation is 1. The van der Waals surface area contributed by atoms with Crippen molar-refractivity contribution in [2.24, 2.45) is 0 Å². The Labute approximate surface area is 139 Å². The first kappa shape index (κ1) is 16.6. The van der Waals surface area contributed by atoms with E-state index in [-0.39, 0.29) is 5.82 Å². The van der Waals surface area contributed by atoms with Gasteiger partial charge in [0.25, 0.3) is 0 Å². The fourth-order valence-electron chi connectivity index (χ4n) is 2.39. The van der Waals surface area contributed by atoms with Crippen molar-refractivity contribution in [3.8, 4) is 0 Å². The third kappa shape index (κ3) is 3.71. The van der Waals surface area contributed by atoms with E-state index in [0.717, 1.165) is 16.7 Å². The molecule has 0 saturated carbocycles. The maximum absolute atomic E-state index is 13.5. The molecule has 0 aliphatic carbocycles. The van der Waals surface area contributed by atoms with E-state index in [1.807, 2.05) is 31.2 Å². The summed E-state index contributed by atoms with van der Waals surface area (Å²) >= 11 is 18.4. The van der Waals surface area contributed by atoms with E-state index in [2.05, 4.69) is 0 Å². The summed E-state index contributed by atoms with van der Waals surface area (Å²) in [5.41, 5.74) is 2.53. The van der Waals surface area contributed by atoms with Gasteiger partial charge >= 0.3 is 0 Å². The van der Waals surface area contributed by atoms with Crippen LogP contribution in [0.4, 0.5) is 4.39 Å². The molecule has 0 bridgehead atoms. The zero-order valence-corrected chi connectivity index (χ0v) is 13.9. The summed E-state index contributed by atoms with van der Waals surface area (Å²) in [6.45, 7) is 1.96. The van der Waals surface area contributed by atoms with Crippen LogP contribution >= 0.6 is 34.8 Å². The van der Waals surface area contributed by atoms with Gasteiger partial charge in [-0.05, 0) is 54.3 Å². The summed E-state index contributed by atoms with van der Waals surface area (Å²) < 4.78 is 13.5. The molecule has 4 heteroatoms. The molecule has 0 unspecified atom stereocenters. The number of hydrogen-bond acceptors (Lipinski definition) is 0. The Balaban J connectivity index is 2.42. The number of alkyl halides is 2. The fourth-order valence-corrected chi connectivity index (χ4v) is 3.29. The van der Waals surface area contributed by atoms with Gasteiger partial charge in [0.05, 0.1) is 0 Å². The van der Waals surface area contributed by atoms with Crippen LogP contribution in [0.3, 0.4) is 0 Å². The summed E-state index contributed by atoms with van der Waals surface area (Å²) in [6.07, 6.45) is 0.589. The summed E-state index contributed by atoms with van der Waals surface area (Å²) in [7, 11) is 0. The largest absolute Gasteiger partial charge is 0.207 e. The number of rotatable bonds is 5. The highest BCUT2D eigenvalue weighted by Crippen LogP contribution is 2.33. The van der Waals surface area contributed by atoms with Gasteiger partial charge in [-0.2, -0.15) is 0 Å². The van der Waals surface area contributed by atoms with Crippen molar-refractivity contribution in [1.29, 1.82) is 0 Å². The molecule has 0 heterocycles. The van der Waals surface area contributed by atoms with Crippen LogP contribution in [0.2, 0.25) is 5.02 Å². The SMILES string of the molecule is Cc1ccc(F)cc1CC(CCl)(CCl)c1ccc(Cl)cc1. The first-order chi connectivity index (χ1) is 10.0. The van der Waals surface area contributed by atoms with Crippen molar-refractivity contribution >= 4 is 34.8 Å². The molecule has 0 aromatic heterocycles. The zero-order valence-electron chi connectivity index (χ0n) is 11.7. The van der Waals surface area contributed by atoms with Gasteiger partial charge < -0.3 is 0 Å². The quantitative estimate of drug-likeness (QED) is 0.606. The van der Waals surface area contributed by atoms with Crippen LogP contribution in [0.15, 0.2) is 42.5 Å². The highest BCUT2D eigenvalue weighted by Gasteiger charge is 2.31. The van der Waals surface area contributed by atoms with Crippen molar-refractivity contribution in [1.82, 2.24) is 0 Å². The minimum Gasteiger partial charge on any atom is -0.207 e. The van der Waals surface area contributed by atoms with Crippen molar-refractivity contribution in [2.45, 2.75) is 18.8 Å². The zero-order chi connectivity index (χ0) is 15.5. The smallest absolute Gasteiger partial charge is 0.123 e. The third-order valence-corrected chi connectivity index (χ3v) is 5.08. The first-order valence-electron chi connectivity index (χ1n) is 6.64. The van der Waals surface area contributed by atoms with E-state index in [1.54, 1.807) is 12.1 Å². The van der Waals surface area contributed by atoms with Crippen molar-refractivity contribution in [3.05, 3.63) is 70.0 Å². The maximum Gasteiger partial charge on any atom is 0.123 e. The lowest BCUT2D eigenvalue weighted by atomic mass is 9.78. The predicted molar refractivity (Wildman–Crippen MR) is 89.4 cm³/mol. The molecule has 0 saturated heterocycles. The Kier molecular flexibility index (Phi) is 5.54. The molecule has 2 rings (SSSR count). The van der Waals surface area contributed by atoms with Gasteiger partial charge in [-0.1, -0.05) is 29.8 Å². The molecule has 2 aromatic carbocycles. The number of benzene rings is 2. The lowest BCUT2D eigenvalue weighted by molar-refractivity contribution is 0.531. The minimum absolute atomic E-state index is 0.246. The topological polar surface area (TPSA) is 0 Å². The van der Waals surface area contributed by atoms with E-state index in [4.69, 9.17) is 34.8 Å². The minimum atomic E-state index is -0.438. The second-order valence-corrected chi connectivity index (χ2v) is 6.27. The van der Waals surface area contributed by atoms with Crippen LogP contribution in [0, 0.1) is 12.7 Å². The van der Waals surface area contributed by atoms with Crippen molar-refractivity contribution in [3.63, 3.8) is 0 Å². The van der Waals surface area contributed by atoms with Gasteiger partial charge in [-0.15, -0.1) is 23.2 Å². The van der Waals surface area contributed by atoms with Crippen LogP contribution in [-0.4, -0.2) is 11.8 Å². The Hall–Kier alpha value is -0.760. The van der Waals surface area contributed by atoms with E-state index in [9.17, 15) is 4.39 Å². The van der Waals surface area contributed by atoms with Crippen LogP contribution in [0.1, 0.15) is 16.7 Å². The summed E-state index contributed by atoms with van der Waals surface area (Å²) in [4.78, 5) is 0. The highest BCUT2D eigenvalue weighted by molar-refractivity contribution is 6.30. The highest BCUT2D eigenvalue weighted by atomic mass is 35.5. The third-order valence-electron chi connectivity index (χ3n) is 3.81. The first-order valence-corrected chi connectivity index (χ1v) is 8.08. The van der Waals surface area contributed by atoms with E-state index >= 15 is 0 Å². The summed E-state index contributed by atoms with van der Waals surface area (Å²) in [5, 5.41) is 0.665. The van der Waals surface area contributed by atoms with Gasteiger partial charge in [0.15, 0.2) is 0 Å². The van der Waals surface area contributed by atoms with Gasteiger partial charge in [0.1, 0.15) is 5.82 Å². The Morgan fingerprint density at radius 1 is 1.00 bits per heavy atom. The molecule has 0 fully saturated rings. The number of halogens is 4. The predicted octanol–water partition coefficient (Wildman–Crippen LogP) is 5.75. The molecule has 0 amide bonds. The van der Waals surface area contributed by atoms with Crippen LogP contribution in [0.25, 0.3) is 0 Å². The van der Waals surface area contributed by atoms with Crippen LogP contribution < -0.4 is 0 Å². The normalized spacial score (nSPS) is 11.7. The van der Waals surface area contributed by atoms with E-state index in [0.29, 0.717) is 23.2 Å². The molecule has 0 N–H and O–H groups in total. The molecular formula is C17H16Cl3F. The molecule has 112 valence electrons. The van der Waals surface area contributed by atoms with Gasteiger partial charge in [0.2, 0.25) is 0 Å². The lowest BCUT2D eigenvalue weighted by Gasteiger charge is -2.31. The van der Waals surface area contributed by atoms with E-state index < -0.39 is 5.41 Å². The fraction of sp³-hybridized carbons (Fsp3) is 0.294. The Morgan fingerprint density at radius 2 is 1.62 bits per heavy atom. The molecule has 21 heavy (non-hydrogen) atoms. The summed E-state index contributed by atoms with van der Waals surface area (Å²) in [5.74, 6) is 0.465. The second-order valence-electron chi connectivity index (χ2n) is 5.30. The number of hydrogen-bond donors (Lipinski definition) is 0. The van der Waals surface area contributed by atoms with E-state index in [1.165, 1.54) is 6.07 Å². The maximum atomic E-state index is 13.5. The van der Waals surface area contributed by atoms with Gasteiger partial charge in [-0.25, -0.2) is 4.39 Å². The molecular weight excluding hydrogens is 330 g/mol. The van der Waals surface area contributed by atoms with Gasteiger partial charge in [-0.3, -0.25) is 0 Å². The molecule has 0 radical (unpaired) electrons. The molecule has 0 spiro atoms. The molecule has 0 atom stereocenters. The average molecular weight is 346 g/mol.